The largest absolute Gasteiger partial charge is 0.319 e. The second-order valence-electron chi connectivity index (χ2n) is 8.02. The molecule has 2 atom stereocenters. The van der Waals surface area contributed by atoms with Crippen LogP contribution in [0.4, 0.5) is 0 Å². The third kappa shape index (κ3) is 2.17. The van der Waals surface area contributed by atoms with E-state index in [1.165, 1.54) is 50.3 Å². The first-order valence-electron chi connectivity index (χ1n) is 8.35. The predicted molar refractivity (Wildman–Crippen MR) is 87.8 cm³/mol. The summed E-state index contributed by atoms with van der Waals surface area (Å²) in [5, 5.41) is 1.30. The molecule has 0 aromatic heterocycles. The van der Waals surface area contributed by atoms with E-state index in [-0.39, 0.29) is 5.16 Å². The fraction of sp³-hybridized carbons (Fsp3) is 0.778. The summed E-state index contributed by atoms with van der Waals surface area (Å²) in [6.45, 7) is 8.55. The van der Waals surface area contributed by atoms with Crippen molar-refractivity contribution in [2.75, 3.05) is 6.66 Å². The van der Waals surface area contributed by atoms with Crippen LogP contribution in [0.3, 0.4) is 0 Å². The van der Waals surface area contributed by atoms with Crippen molar-refractivity contribution in [3.8, 4) is 0 Å². The second kappa shape index (κ2) is 4.87. The fourth-order valence-corrected chi connectivity index (χ4v) is 6.45. The van der Waals surface area contributed by atoms with Gasteiger partial charge in [-0.15, -0.1) is 0 Å². The first-order chi connectivity index (χ1) is 9.32. The maximum absolute atomic E-state index is 13.6. The van der Waals surface area contributed by atoms with Gasteiger partial charge in [0.15, 0.2) is 0 Å². The molecule has 112 valence electrons. The molecule has 1 unspecified atom stereocenters. The summed E-state index contributed by atoms with van der Waals surface area (Å²) in [5.74, 6) is 0.734. The lowest BCUT2D eigenvalue weighted by molar-refractivity contribution is 0.540. The Kier molecular flexibility index (Phi) is 3.57. The number of hydrogen-bond acceptors (Lipinski definition) is 1. The Balaban J connectivity index is 2.12. The van der Waals surface area contributed by atoms with Crippen LogP contribution >= 0.6 is 7.14 Å². The Labute approximate surface area is 124 Å². The molecular formula is C18H29OP. The molecule has 0 heterocycles. The molecule has 3 aliphatic carbocycles. The van der Waals surface area contributed by atoms with E-state index in [1.54, 1.807) is 16.7 Å². The molecule has 0 radical (unpaired) electrons. The van der Waals surface area contributed by atoms with Gasteiger partial charge in [-0.05, 0) is 80.4 Å². The molecule has 0 aromatic carbocycles. The van der Waals surface area contributed by atoms with Crippen molar-refractivity contribution in [3.63, 3.8) is 0 Å². The number of hydrogen-bond donors (Lipinski definition) is 0. The molecule has 3 aliphatic rings. The first-order valence-corrected chi connectivity index (χ1v) is 10.5. The highest BCUT2D eigenvalue weighted by molar-refractivity contribution is 7.68. The van der Waals surface area contributed by atoms with Crippen molar-refractivity contribution in [3.05, 3.63) is 22.0 Å². The van der Waals surface area contributed by atoms with Crippen LogP contribution in [0.1, 0.15) is 72.1 Å². The van der Waals surface area contributed by atoms with Crippen molar-refractivity contribution < 1.29 is 4.57 Å². The highest BCUT2D eigenvalue weighted by atomic mass is 31.2. The van der Waals surface area contributed by atoms with Crippen molar-refractivity contribution >= 4 is 7.14 Å². The van der Waals surface area contributed by atoms with Gasteiger partial charge in [0.05, 0.1) is 0 Å². The lowest BCUT2D eigenvalue weighted by atomic mass is 9.78. The normalized spacial score (nSPS) is 30.1. The molecule has 0 spiro atoms. The van der Waals surface area contributed by atoms with Crippen LogP contribution in [0, 0.1) is 5.92 Å². The molecule has 0 N–H and O–H groups in total. The van der Waals surface area contributed by atoms with Crippen LogP contribution in [0.2, 0.25) is 0 Å². The SMILES string of the molecule is CC(C)(C)P(C)(=O)C1=C2CCCCC2=C2CCC[C@@H]2C1. The summed E-state index contributed by atoms with van der Waals surface area (Å²) in [6, 6.07) is 0. The van der Waals surface area contributed by atoms with Gasteiger partial charge in [-0.3, -0.25) is 0 Å². The van der Waals surface area contributed by atoms with E-state index in [4.69, 9.17) is 0 Å². The zero-order valence-corrected chi connectivity index (χ0v) is 14.5. The lowest BCUT2D eigenvalue weighted by Gasteiger charge is -2.39. The topological polar surface area (TPSA) is 17.1 Å². The average molecular weight is 292 g/mol. The highest BCUT2D eigenvalue weighted by Gasteiger charge is 2.42. The molecule has 0 aliphatic heterocycles. The van der Waals surface area contributed by atoms with Crippen LogP contribution in [0.5, 0.6) is 0 Å². The molecule has 0 saturated heterocycles. The smallest absolute Gasteiger partial charge is 0.114 e. The monoisotopic (exact) mass is 292 g/mol. The quantitative estimate of drug-likeness (QED) is 0.533. The second-order valence-corrected chi connectivity index (χ2v) is 11.8. The van der Waals surface area contributed by atoms with Crippen LogP contribution in [0.15, 0.2) is 22.0 Å². The van der Waals surface area contributed by atoms with E-state index >= 15 is 0 Å². The predicted octanol–water partition coefficient (Wildman–Crippen LogP) is 6.11. The standard InChI is InChI=1S/C18H29OP/c1-18(2,3)20(4,19)17-12-13-8-7-11-14(13)15-9-5-6-10-16(15)17/h13H,5-12H2,1-4H3/t13-,20?/m1/s1. The summed E-state index contributed by atoms with van der Waals surface area (Å²) >= 11 is 0. The van der Waals surface area contributed by atoms with Gasteiger partial charge < -0.3 is 4.57 Å². The molecule has 3 rings (SSSR count). The van der Waals surface area contributed by atoms with Gasteiger partial charge in [-0.25, -0.2) is 0 Å². The van der Waals surface area contributed by atoms with Crippen LogP contribution in [-0.2, 0) is 4.57 Å². The van der Waals surface area contributed by atoms with Gasteiger partial charge in [0.25, 0.3) is 0 Å². The maximum atomic E-state index is 13.6. The van der Waals surface area contributed by atoms with Gasteiger partial charge in [-0.2, -0.15) is 0 Å². The van der Waals surface area contributed by atoms with Crippen LogP contribution in [0.25, 0.3) is 0 Å². The first kappa shape index (κ1) is 14.6. The molecule has 2 heteroatoms. The molecule has 0 aromatic rings. The van der Waals surface area contributed by atoms with Crippen LogP contribution < -0.4 is 0 Å². The van der Waals surface area contributed by atoms with Gasteiger partial charge in [-0.1, -0.05) is 26.3 Å². The van der Waals surface area contributed by atoms with E-state index in [0.717, 1.165) is 12.3 Å². The molecule has 2 fully saturated rings. The van der Waals surface area contributed by atoms with E-state index in [2.05, 4.69) is 27.4 Å². The Morgan fingerprint density at radius 3 is 2.30 bits per heavy atom. The van der Waals surface area contributed by atoms with E-state index in [1.807, 2.05) is 0 Å². The molecule has 0 bridgehead atoms. The molecule has 20 heavy (non-hydrogen) atoms. The Bertz CT molecular complexity index is 530. The lowest BCUT2D eigenvalue weighted by Crippen LogP contribution is -2.21. The Morgan fingerprint density at radius 2 is 1.65 bits per heavy atom. The summed E-state index contributed by atoms with van der Waals surface area (Å²) in [5.41, 5.74) is 4.97. The summed E-state index contributed by atoms with van der Waals surface area (Å²) in [7, 11) is -2.24. The molecule has 0 amide bonds. The van der Waals surface area contributed by atoms with Gasteiger partial charge in [0.2, 0.25) is 0 Å². The number of rotatable bonds is 1. The summed E-state index contributed by atoms with van der Waals surface area (Å²) in [4.78, 5) is 0. The minimum atomic E-state index is -2.24. The minimum Gasteiger partial charge on any atom is -0.319 e. The van der Waals surface area contributed by atoms with Crippen molar-refractivity contribution in [2.45, 2.75) is 77.3 Å². The van der Waals surface area contributed by atoms with Crippen molar-refractivity contribution in [2.24, 2.45) is 5.92 Å². The van der Waals surface area contributed by atoms with Crippen LogP contribution in [-0.4, -0.2) is 11.8 Å². The van der Waals surface area contributed by atoms with Gasteiger partial charge in [0, 0.05) is 5.16 Å². The van der Waals surface area contributed by atoms with E-state index in [0.29, 0.717) is 0 Å². The van der Waals surface area contributed by atoms with Gasteiger partial charge in [0.1, 0.15) is 7.14 Å². The summed E-state index contributed by atoms with van der Waals surface area (Å²) < 4.78 is 13.6. The average Bonchev–Trinajstić information content (AvgIpc) is 2.84. The number of allylic oxidation sites excluding steroid dienone is 4. The van der Waals surface area contributed by atoms with Gasteiger partial charge >= 0.3 is 0 Å². The third-order valence-corrected chi connectivity index (χ3v) is 9.97. The van der Waals surface area contributed by atoms with E-state index < -0.39 is 7.14 Å². The zero-order chi connectivity index (χ0) is 14.5. The molecule has 2 saturated carbocycles. The number of fused-ring (bicyclic) bond motifs is 2. The Morgan fingerprint density at radius 1 is 1.00 bits per heavy atom. The maximum Gasteiger partial charge on any atom is 0.114 e. The third-order valence-electron chi connectivity index (χ3n) is 5.93. The zero-order valence-electron chi connectivity index (χ0n) is 13.6. The Hall–Kier alpha value is -0.290. The van der Waals surface area contributed by atoms with E-state index in [9.17, 15) is 4.57 Å². The van der Waals surface area contributed by atoms with Crippen molar-refractivity contribution in [1.82, 2.24) is 0 Å². The molecular weight excluding hydrogens is 263 g/mol. The molecule has 1 nitrogen and oxygen atoms in total. The summed E-state index contributed by atoms with van der Waals surface area (Å²) in [6.07, 6.45) is 10.2. The fourth-order valence-electron chi connectivity index (χ4n) is 4.31. The van der Waals surface area contributed by atoms with Crippen molar-refractivity contribution in [1.29, 1.82) is 0 Å². The highest BCUT2D eigenvalue weighted by Crippen LogP contribution is 2.67. The minimum absolute atomic E-state index is 0.0893.